The van der Waals surface area contributed by atoms with Gasteiger partial charge in [-0.05, 0) is 40.1 Å². The van der Waals surface area contributed by atoms with Crippen molar-refractivity contribution >= 4 is 11.3 Å². The lowest BCUT2D eigenvalue weighted by Crippen LogP contribution is -2.44. The lowest BCUT2D eigenvalue weighted by atomic mass is 9.90. The van der Waals surface area contributed by atoms with Crippen molar-refractivity contribution in [2.45, 2.75) is 20.8 Å². The summed E-state index contributed by atoms with van der Waals surface area (Å²) >= 11 is 1.72. The van der Waals surface area contributed by atoms with Crippen LogP contribution in [0.4, 0.5) is 0 Å². The molecule has 1 aromatic heterocycles. The van der Waals surface area contributed by atoms with E-state index in [0.29, 0.717) is 0 Å². The van der Waals surface area contributed by atoms with Gasteiger partial charge in [-0.1, -0.05) is 32.9 Å². The number of rotatable bonds is 4. The largest absolute Gasteiger partial charge is 0.493 e. The van der Waals surface area contributed by atoms with E-state index >= 15 is 0 Å². The number of hydrogen-bond acceptors (Lipinski definition) is 3. The topological polar surface area (TPSA) is 18.5 Å². The molecule has 0 amide bonds. The van der Waals surface area contributed by atoms with Crippen LogP contribution in [0.1, 0.15) is 20.8 Å². The maximum Gasteiger partial charge on any atom is 0.119 e. The molecule has 0 bridgehead atoms. The summed E-state index contributed by atoms with van der Waals surface area (Å²) in [4.78, 5) is 0. The van der Waals surface area contributed by atoms with Gasteiger partial charge in [0.1, 0.15) is 5.75 Å². The van der Waals surface area contributed by atoms with Crippen LogP contribution in [0, 0.1) is 5.41 Å². The summed E-state index contributed by atoms with van der Waals surface area (Å²) in [5.41, 5.74) is 2.71. The highest BCUT2D eigenvalue weighted by Crippen LogP contribution is 2.29. The summed E-state index contributed by atoms with van der Waals surface area (Å²) in [7, 11) is 0. The van der Waals surface area contributed by atoms with Crippen LogP contribution < -0.4 is 4.74 Å². The Balaban J connectivity index is 0.000000704. The van der Waals surface area contributed by atoms with Gasteiger partial charge in [-0.15, -0.1) is 0 Å². The van der Waals surface area contributed by atoms with E-state index in [-0.39, 0.29) is 5.41 Å². The molecule has 1 saturated heterocycles. The lowest BCUT2D eigenvalue weighted by Gasteiger charge is -2.37. The molecular formula is C17H22O2S. The molecule has 0 aliphatic carbocycles. The summed E-state index contributed by atoms with van der Waals surface area (Å²) in [6.45, 7) is 8.53. The Morgan fingerprint density at radius 3 is 2.30 bits per heavy atom. The van der Waals surface area contributed by atoms with E-state index in [1.54, 1.807) is 11.3 Å². The van der Waals surface area contributed by atoms with Crippen LogP contribution in [0.3, 0.4) is 0 Å². The third kappa shape index (κ3) is 3.62. The Morgan fingerprint density at radius 2 is 1.80 bits per heavy atom. The Hall–Kier alpha value is -1.32. The van der Waals surface area contributed by atoms with Gasteiger partial charge in [0.25, 0.3) is 0 Å². The quantitative estimate of drug-likeness (QED) is 0.801. The first-order valence-electron chi connectivity index (χ1n) is 7.08. The van der Waals surface area contributed by atoms with Crippen LogP contribution in [-0.2, 0) is 4.74 Å². The molecule has 0 saturated carbocycles. The van der Waals surface area contributed by atoms with Crippen LogP contribution in [0.5, 0.6) is 5.75 Å². The predicted molar refractivity (Wildman–Crippen MR) is 85.5 cm³/mol. The Labute approximate surface area is 125 Å². The molecule has 1 aliphatic heterocycles. The van der Waals surface area contributed by atoms with Crippen LogP contribution in [-0.4, -0.2) is 19.8 Å². The maximum atomic E-state index is 5.81. The molecule has 108 valence electrons. The minimum Gasteiger partial charge on any atom is -0.493 e. The number of hydrogen-bond donors (Lipinski definition) is 0. The van der Waals surface area contributed by atoms with Crippen molar-refractivity contribution < 1.29 is 9.47 Å². The molecule has 0 atom stereocenters. The van der Waals surface area contributed by atoms with E-state index in [9.17, 15) is 0 Å². The molecule has 20 heavy (non-hydrogen) atoms. The van der Waals surface area contributed by atoms with E-state index in [4.69, 9.17) is 9.47 Å². The highest BCUT2D eigenvalue weighted by molar-refractivity contribution is 7.08. The van der Waals surface area contributed by atoms with Crippen molar-refractivity contribution in [1.29, 1.82) is 0 Å². The summed E-state index contributed by atoms with van der Waals surface area (Å²) < 4.78 is 11.0. The van der Waals surface area contributed by atoms with Crippen molar-refractivity contribution in [3.63, 3.8) is 0 Å². The van der Waals surface area contributed by atoms with Crippen molar-refractivity contribution in [3.8, 4) is 16.9 Å². The van der Waals surface area contributed by atoms with Crippen LogP contribution >= 0.6 is 11.3 Å². The van der Waals surface area contributed by atoms with Gasteiger partial charge in [-0.25, -0.2) is 0 Å². The van der Waals surface area contributed by atoms with Gasteiger partial charge in [0.05, 0.1) is 19.8 Å². The van der Waals surface area contributed by atoms with E-state index in [0.717, 1.165) is 25.6 Å². The summed E-state index contributed by atoms with van der Waals surface area (Å²) in [6.07, 6.45) is 0. The average molecular weight is 290 g/mol. The van der Waals surface area contributed by atoms with Crippen LogP contribution in [0.25, 0.3) is 11.1 Å². The fourth-order valence-corrected chi connectivity index (χ4v) is 2.63. The van der Waals surface area contributed by atoms with Gasteiger partial charge in [0.2, 0.25) is 0 Å². The Morgan fingerprint density at radius 1 is 1.10 bits per heavy atom. The van der Waals surface area contributed by atoms with E-state index in [1.165, 1.54) is 11.1 Å². The standard InChI is InChI=1S/C15H16O2S.C2H6/c1-15(9-16-10-15)11-17-14-4-2-12(3-5-14)13-6-7-18-8-13;1-2/h2-8H,9-11H2,1H3;1-2H3. The highest BCUT2D eigenvalue weighted by Gasteiger charge is 2.34. The molecule has 0 radical (unpaired) electrons. The first-order valence-corrected chi connectivity index (χ1v) is 8.03. The fraction of sp³-hybridized carbons (Fsp3) is 0.412. The van der Waals surface area contributed by atoms with Gasteiger partial charge in [0.15, 0.2) is 0 Å². The maximum absolute atomic E-state index is 5.81. The smallest absolute Gasteiger partial charge is 0.119 e. The molecule has 1 aromatic carbocycles. The minimum atomic E-state index is 0.200. The van der Waals surface area contributed by atoms with Gasteiger partial charge >= 0.3 is 0 Å². The minimum absolute atomic E-state index is 0.200. The number of thiophene rings is 1. The Kier molecular flexibility index (Phi) is 5.21. The second-order valence-corrected chi connectivity index (χ2v) is 5.91. The normalized spacial score (nSPS) is 15.8. The van der Waals surface area contributed by atoms with Crippen LogP contribution in [0.2, 0.25) is 0 Å². The molecule has 2 nitrogen and oxygen atoms in total. The molecule has 0 unspecified atom stereocenters. The predicted octanol–water partition coefficient (Wildman–Crippen LogP) is 4.86. The van der Waals surface area contributed by atoms with E-state index in [2.05, 4.69) is 35.9 Å². The van der Waals surface area contributed by atoms with Crippen molar-refractivity contribution in [1.82, 2.24) is 0 Å². The third-order valence-corrected chi connectivity index (χ3v) is 3.88. The average Bonchev–Trinajstić information content (AvgIpc) is 3.00. The van der Waals surface area contributed by atoms with Crippen molar-refractivity contribution in [3.05, 3.63) is 41.1 Å². The lowest BCUT2D eigenvalue weighted by molar-refractivity contribution is -0.120. The Bertz CT molecular complexity index is 498. The third-order valence-electron chi connectivity index (χ3n) is 3.20. The monoisotopic (exact) mass is 290 g/mol. The van der Waals surface area contributed by atoms with E-state index < -0.39 is 0 Å². The zero-order valence-electron chi connectivity index (χ0n) is 12.4. The van der Waals surface area contributed by atoms with Gasteiger partial charge in [0, 0.05) is 5.41 Å². The molecular weight excluding hydrogens is 268 g/mol. The number of ether oxygens (including phenoxy) is 2. The highest BCUT2D eigenvalue weighted by atomic mass is 32.1. The molecule has 3 heteroatoms. The van der Waals surface area contributed by atoms with Gasteiger partial charge in [-0.2, -0.15) is 11.3 Å². The summed E-state index contributed by atoms with van der Waals surface area (Å²) in [5.74, 6) is 0.933. The van der Waals surface area contributed by atoms with E-state index in [1.807, 2.05) is 26.0 Å². The molecule has 1 aliphatic rings. The first-order chi connectivity index (χ1) is 9.75. The fourth-order valence-electron chi connectivity index (χ4n) is 1.96. The van der Waals surface area contributed by atoms with Gasteiger partial charge < -0.3 is 9.47 Å². The molecule has 0 spiro atoms. The molecule has 3 rings (SSSR count). The molecule has 2 heterocycles. The molecule has 0 N–H and O–H groups in total. The second kappa shape index (κ2) is 6.91. The first kappa shape index (κ1) is 15.1. The van der Waals surface area contributed by atoms with Gasteiger partial charge in [-0.3, -0.25) is 0 Å². The zero-order valence-corrected chi connectivity index (χ0v) is 13.2. The van der Waals surface area contributed by atoms with Crippen molar-refractivity contribution in [2.75, 3.05) is 19.8 Å². The molecule has 2 aromatic rings. The number of benzene rings is 1. The SMILES string of the molecule is CC.CC1(COc2ccc(-c3ccsc3)cc2)COC1. The van der Waals surface area contributed by atoms with Crippen LogP contribution in [0.15, 0.2) is 41.1 Å². The zero-order chi connectivity index (χ0) is 14.4. The summed E-state index contributed by atoms with van der Waals surface area (Å²) in [5, 5.41) is 4.25. The second-order valence-electron chi connectivity index (χ2n) is 5.13. The summed E-state index contributed by atoms with van der Waals surface area (Å²) in [6, 6.07) is 10.4. The molecule has 1 fully saturated rings. The van der Waals surface area contributed by atoms with Crippen molar-refractivity contribution in [2.24, 2.45) is 5.41 Å².